The van der Waals surface area contributed by atoms with E-state index in [-0.39, 0.29) is 12.1 Å². The Hall–Kier alpha value is -1.35. The van der Waals surface area contributed by atoms with Crippen molar-refractivity contribution in [3.05, 3.63) is 35.9 Å². The summed E-state index contributed by atoms with van der Waals surface area (Å²) in [5, 5.41) is 0. The van der Waals surface area contributed by atoms with Gasteiger partial charge in [-0.05, 0) is 25.3 Å². The van der Waals surface area contributed by atoms with Gasteiger partial charge in [-0.15, -0.1) is 0 Å². The summed E-state index contributed by atoms with van der Waals surface area (Å²) in [6, 6.07) is 8.65. The Bertz CT molecular complexity index is 364. The summed E-state index contributed by atoms with van der Waals surface area (Å²) in [5.41, 5.74) is 6.69. The van der Waals surface area contributed by atoms with E-state index in [0.29, 0.717) is 0 Å². The Morgan fingerprint density at radius 2 is 1.89 bits per heavy atom. The van der Waals surface area contributed by atoms with Crippen molar-refractivity contribution >= 4 is 5.97 Å². The van der Waals surface area contributed by atoms with Crippen LogP contribution in [0.25, 0.3) is 0 Å². The van der Waals surface area contributed by atoms with Gasteiger partial charge in [-0.2, -0.15) is 0 Å². The van der Waals surface area contributed by atoms with Crippen LogP contribution in [0.3, 0.4) is 0 Å². The maximum Gasteiger partial charge on any atom is 0.327 e. The molecule has 0 heterocycles. The molecule has 1 aromatic rings. The molecule has 0 aliphatic heterocycles. The molecule has 0 amide bonds. The molecule has 2 N–H and O–H groups in total. The van der Waals surface area contributed by atoms with E-state index >= 15 is 0 Å². The number of hydrogen-bond acceptors (Lipinski definition) is 3. The summed E-state index contributed by atoms with van der Waals surface area (Å²) in [6.07, 6.45) is 5.61. The molecule has 0 aliphatic carbocycles. The van der Waals surface area contributed by atoms with Crippen LogP contribution in [0.5, 0.6) is 0 Å². The molecule has 0 aromatic heterocycles. The molecule has 3 nitrogen and oxygen atoms in total. The third kappa shape index (κ3) is 5.88. The fraction of sp³-hybridized carbons (Fsp3) is 0.562. The number of esters is 1. The minimum Gasteiger partial charge on any atom is -0.461 e. The number of rotatable bonds is 8. The number of ether oxygens (including phenoxy) is 1. The summed E-state index contributed by atoms with van der Waals surface area (Å²) in [5.74, 6) is -0.339. The third-order valence-corrected chi connectivity index (χ3v) is 3.19. The van der Waals surface area contributed by atoms with Gasteiger partial charge in [-0.1, -0.05) is 56.5 Å². The van der Waals surface area contributed by atoms with E-state index in [0.717, 1.165) is 18.4 Å². The van der Waals surface area contributed by atoms with E-state index in [1.807, 2.05) is 37.3 Å². The molecular weight excluding hydrogens is 238 g/mol. The largest absolute Gasteiger partial charge is 0.461 e. The summed E-state index contributed by atoms with van der Waals surface area (Å²) in [4.78, 5) is 11.9. The fourth-order valence-corrected chi connectivity index (χ4v) is 1.99. The van der Waals surface area contributed by atoms with Crippen LogP contribution in [-0.2, 0) is 9.53 Å². The van der Waals surface area contributed by atoms with Crippen molar-refractivity contribution in [2.24, 2.45) is 5.73 Å². The lowest BCUT2D eigenvalue weighted by molar-refractivity contribution is -0.150. The van der Waals surface area contributed by atoms with Crippen molar-refractivity contribution in [3.63, 3.8) is 0 Å². The molecule has 0 aliphatic rings. The lowest BCUT2D eigenvalue weighted by Crippen LogP contribution is -2.27. The van der Waals surface area contributed by atoms with Crippen LogP contribution in [0.1, 0.15) is 57.6 Å². The number of carbonyl (C=O) groups is 1. The van der Waals surface area contributed by atoms with Gasteiger partial charge in [-0.25, -0.2) is 4.79 Å². The summed E-state index contributed by atoms with van der Waals surface area (Å²) < 4.78 is 5.38. The monoisotopic (exact) mass is 263 g/mol. The molecule has 1 rings (SSSR count). The third-order valence-electron chi connectivity index (χ3n) is 3.19. The fourth-order valence-electron chi connectivity index (χ4n) is 1.99. The number of hydrogen-bond donors (Lipinski definition) is 1. The Morgan fingerprint density at radius 3 is 2.53 bits per heavy atom. The van der Waals surface area contributed by atoms with E-state index in [1.165, 1.54) is 19.3 Å². The average molecular weight is 263 g/mol. The highest BCUT2D eigenvalue weighted by Crippen LogP contribution is 2.14. The Labute approximate surface area is 116 Å². The zero-order chi connectivity index (χ0) is 14.1. The lowest BCUT2D eigenvalue weighted by Gasteiger charge is -2.17. The summed E-state index contributed by atoms with van der Waals surface area (Å²) in [7, 11) is 0. The lowest BCUT2D eigenvalue weighted by atomic mass is 10.1. The molecular formula is C16H25NO2. The van der Waals surface area contributed by atoms with Crippen LogP contribution in [0, 0.1) is 0 Å². The van der Waals surface area contributed by atoms with E-state index in [9.17, 15) is 4.79 Å². The number of benzene rings is 1. The minimum absolute atomic E-state index is 0.0564. The first-order valence-electron chi connectivity index (χ1n) is 7.16. The molecule has 106 valence electrons. The summed E-state index contributed by atoms with van der Waals surface area (Å²) in [6.45, 7) is 4.11. The maximum absolute atomic E-state index is 11.9. The van der Waals surface area contributed by atoms with Crippen molar-refractivity contribution in [3.8, 4) is 0 Å². The molecule has 1 unspecified atom stereocenters. The van der Waals surface area contributed by atoms with Crippen molar-refractivity contribution in [1.82, 2.24) is 0 Å². The van der Waals surface area contributed by atoms with Crippen LogP contribution in [0.4, 0.5) is 0 Å². The van der Waals surface area contributed by atoms with Gasteiger partial charge in [0.15, 0.2) is 0 Å². The van der Waals surface area contributed by atoms with Crippen LogP contribution in [0.15, 0.2) is 30.3 Å². The van der Waals surface area contributed by atoms with Crippen molar-refractivity contribution in [2.75, 3.05) is 0 Å². The standard InChI is InChI=1S/C16H25NO2/c1-3-4-5-7-10-13(2)19-16(18)15(17)14-11-8-6-9-12-14/h6,8-9,11-13,15H,3-5,7,10,17H2,1-2H3/t13?,15-/m1/s1. The van der Waals surface area contributed by atoms with E-state index in [4.69, 9.17) is 10.5 Å². The molecule has 0 bridgehead atoms. The predicted molar refractivity (Wildman–Crippen MR) is 77.7 cm³/mol. The predicted octanol–water partition coefficient (Wildman–Crippen LogP) is 3.59. The topological polar surface area (TPSA) is 52.3 Å². The van der Waals surface area contributed by atoms with E-state index in [1.54, 1.807) is 0 Å². The molecule has 0 fully saturated rings. The van der Waals surface area contributed by atoms with Crippen LogP contribution in [0.2, 0.25) is 0 Å². The van der Waals surface area contributed by atoms with Crippen molar-refractivity contribution in [1.29, 1.82) is 0 Å². The van der Waals surface area contributed by atoms with Gasteiger partial charge in [0.05, 0.1) is 6.10 Å². The molecule has 19 heavy (non-hydrogen) atoms. The molecule has 0 saturated carbocycles. The Morgan fingerprint density at radius 1 is 1.21 bits per heavy atom. The highest BCUT2D eigenvalue weighted by molar-refractivity contribution is 5.77. The van der Waals surface area contributed by atoms with Gasteiger partial charge in [-0.3, -0.25) is 0 Å². The van der Waals surface area contributed by atoms with Crippen LogP contribution < -0.4 is 5.73 Å². The Kier molecular flexibility index (Phi) is 7.19. The van der Waals surface area contributed by atoms with Gasteiger partial charge < -0.3 is 10.5 Å². The first-order valence-corrected chi connectivity index (χ1v) is 7.16. The van der Waals surface area contributed by atoms with E-state index in [2.05, 4.69) is 6.92 Å². The second kappa shape index (κ2) is 8.70. The molecule has 3 heteroatoms. The molecule has 2 atom stereocenters. The smallest absolute Gasteiger partial charge is 0.327 e. The van der Waals surface area contributed by atoms with Crippen LogP contribution >= 0.6 is 0 Å². The first kappa shape index (κ1) is 15.7. The highest BCUT2D eigenvalue weighted by atomic mass is 16.5. The summed E-state index contributed by atoms with van der Waals surface area (Å²) >= 11 is 0. The van der Waals surface area contributed by atoms with Gasteiger partial charge in [0.1, 0.15) is 6.04 Å². The quantitative estimate of drug-likeness (QED) is 0.576. The maximum atomic E-state index is 11.9. The molecule has 0 spiro atoms. The zero-order valence-corrected chi connectivity index (χ0v) is 12.0. The van der Waals surface area contributed by atoms with E-state index < -0.39 is 6.04 Å². The van der Waals surface area contributed by atoms with Gasteiger partial charge in [0.2, 0.25) is 0 Å². The second-order valence-electron chi connectivity index (χ2n) is 4.99. The number of nitrogens with two attached hydrogens (primary N) is 1. The normalized spacial score (nSPS) is 13.8. The average Bonchev–Trinajstić information content (AvgIpc) is 2.43. The SMILES string of the molecule is CCCCCCC(C)OC(=O)[C@H](N)c1ccccc1. The van der Waals surface area contributed by atoms with Crippen molar-refractivity contribution < 1.29 is 9.53 Å². The minimum atomic E-state index is -0.681. The van der Waals surface area contributed by atoms with Crippen LogP contribution in [-0.4, -0.2) is 12.1 Å². The first-order chi connectivity index (χ1) is 9.15. The van der Waals surface area contributed by atoms with Gasteiger partial charge in [0.25, 0.3) is 0 Å². The van der Waals surface area contributed by atoms with Crippen molar-refractivity contribution in [2.45, 2.75) is 58.1 Å². The van der Waals surface area contributed by atoms with Gasteiger partial charge in [0, 0.05) is 0 Å². The Balaban J connectivity index is 2.33. The molecule has 0 saturated heterocycles. The van der Waals surface area contributed by atoms with Gasteiger partial charge >= 0.3 is 5.97 Å². The highest BCUT2D eigenvalue weighted by Gasteiger charge is 2.19. The molecule has 0 radical (unpaired) electrons. The number of unbranched alkanes of at least 4 members (excludes halogenated alkanes) is 3. The zero-order valence-electron chi connectivity index (χ0n) is 12.0. The molecule has 1 aromatic carbocycles. The number of carbonyl (C=O) groups excluding carboxylic acids is 1. The second-order valence-corrected chi connectivity index (χ2v) is 4.99.